The van der Waals surface area contributed by atoms with Crippen LogP contribution in [0.25, 0.3) is 11.0 Å². The molecule has 0 amide bonds. The molecule has 33 heavy (non-hydrogen) atoms. The third-order valence-corrected chi connectivity index (χ3v) is 8.53. The molecule has 0 bridgehead atoms. The molecule has 6 atom stereocenters. The van der Waals surface area contributed by atoms with Gasteiger partial charge in [-0.3, -0.25) is 13.7 Å². The van der Waals surface area contributed by atoms with Crippen LogP contribution in [-0.4, -0.2) is 50.7 Å². The average molecular weight is 531 g/mol. The van der Waals surface area contributed by atoms with Gasteiger partial charge in [-0.2, -0.15) is 0 Å². The molecule has 0 spiro atoms. The molecule has 1 saturated heterocycles. The molecule has 0 radical (unpaired) electrons. The highest BCUT2D eigenvalue weighted by Gasteiger charge is 2.37. The molecule has 1 aliphatic rings. The molecular formula is C13H18N4O13P3-3. The Labute approximate surface area is 185 Å². The Morgan fingerprint density at radius 2 is 1.88 bits per heavy atom. The van der Waals surface area contributed by atoms with Gasteiger partial charge in [0.25, 0.3) is 23.5 Å². The van der Waals surface area contributed by atoms with E-state index in [4.69, 9.17) is 10.5 Å². The number of aliphatic hydroxyl groups is 2. The lowest BCUT2D eigenvalue weighted by Gasteiger charge is -2.34. The van der Waals surface area contributed by atoms with Gasteiger partial charge in [0.1, 0.15) is 30.1 Å². The van der Waals surface area contributed by atoms with Gasteiger partial charge >= 0.3 is 0 Å². The molecule has 1 aliphatic heterocycles. The standard InChI is InChI=1S/C13H21N4O13P3/c1-26-31(20,21)29-33(24,25)30-32(22,23)27-5-9-8(19)2-10(28-9)17-3-7(4-18)11-12(14)15-6-16-13(11)17/h3,6,8-10,18-19H,2,4-5H2,1H3,(H,20,21)(H,22,23)(H,24,25)(H2,14,15,16)/p-3/t8-,9-,10-/m1/s1. The number of nitrogen functional groups attached to an aromatic ring is 1. The summed E-state index contributed by atoms with van der Waals surface area (Å²) in [6.07, 6.45) is -0.839. The molecule has 1 fully saturated rings. The summed E-state index contributed by atoms with van der Waals surface area (Å²) >= 11 is 0. The van der Waals surface area contributed by atoms with Gasteiger partial charge in [0.05, 0.1) is 24.7 Å². The quantitative estimate of drug-likeness (QED) is 0.287. The minimum Gasteiger partial charge on any atom is -0.756 e. The van der Waals surface area contributed by atoms with E-state index in [2.05, 4.69) is 27.6 Å². The number of nitrogens with zero attached hydrogens (tertiary/aromatic N) is 3. The normalized spacial score (nSPS) is 26.7. The Hall–Kier alpha value is -1.29. The number of phosphoric ester groups is 2. The van der Waals surface area contributed by atoms with Crippen molar-refractivity contribution in [2.75, 3.05) is 19.5 Å². The van der Waals surface area contributed by atoms with Gasteiger partial charge in [0, 0.05) is 25.3 Å². The second kappa shape index (κ2) is 9.76. The van der Waals surface area contributed by atoms with E-state index in [-0.39, 0.29) is 17.9 Å². The molecule has 186 valence electrons. The highest BCUT2D eigenvalue weighted by atomic mass is 31.3. The fraction of sp³-hybridized carbons (Fsp3) is 0.538. The highest BCUT2D eigenvalue weighted by molar-refractivity contribution is 7.65. The summed E-state index contributed by atoms with van der Waals surface area (Å²) in [6, 6.07) is 0. The molecule has 17 nitrogen and oxygen atoms in total. The summed E-state index contributed by atoms with van der Waals surface area (Å²) in [6.45, 7) is -1.28. The molecule has 0 saturated carbocycles. The van der Waals surface area contributed by atoms with Crippen LogP contribution in [0.4, 0.5) is 5.82 Å². The van der Waals surface area contributed by atoms with Crippen molar-refractivity contribution in [2.24, 2.45) is 0 Å². The van der Waals surface area contributed by atoms with Crippen LogP contribution in [0, 0.1) is 0 Å². The number of aromatic nitrogens is 3. The lowest BCUT2D eigenvalue weighted by molar-refractivity contribution is -0.251. The van der Waals surface area contributed by atoms with Crippen LogP contribution in [0.2, 0.25) is 0 Å². The predicted octanol–water partition coefficient (Wildman–Crippen LogP) is -1.74. The van der Waals surface area contributed by atoms with Crippen molar-refractivity contribution < 1.29 is 61.0 Å². The number of aliphatic hydroxyl groups excluding tert-OH is 2. The van der Waals surface area contributed by atoms with Crippen molar-refractivity contribution in [1.29, 1.82) is 0 Å². The fourth-order valence-electron chi connectivity index (χ4n) is 3.04. The Bertz CT molecular complexity index is 1160. The largest absolute Gasteiger partial charge is 0.756 e. The lowest BCUT2D eigenvalue weighted by atomic mass is 10.2. The first-order valence-electron chi connectivity index (χ1n) is 8.88. The minimum absolute atomic E-state index is 0.0625. The van der Waals surface area contributed by atoms with Crippen molar-refractivity contribution in [2.45, 2.75) is 31.5 Å². The zero-order valence-corrected chi connectivity index (χ0v) is 19.3. The molecular weight excluding hydrogens is 513 g/mol. The molecule has 3 rings (SSSR count). The van der Waals surface area contributed by atoms with E-state index in [0.717, 1.165) is 0 Å². The first-order valence-corrected chi connectivity index (χ1v) is 13.3. The third kappa shape index (κ3) is 6.24. The Balaban J connectivity index is 1.68. The molecule has 3 heterocycles. The average Bonchev–Trinajstić information content (AvgIpc) is 3.25. The predicted molar refractivity (Wildman–Crippen MR) is 100 cm³/mol. The first kappa shape index (κ1) is 26.3. The Morgan fingerprint density at radius 3 is 2.52 bits per heavy atom. The van der Waals surface area contributed by atoms with Crippen LogP contribution < -0.4 is 20.4 Å². The summed E-state index contributed by atoms with van der Waals surface area (Å²) < 4.78 is 56.6. The van der Waals surface area contributed by atoms with Gasteiger partial charge < -0.3 is 49.0 Å². The number of rotatable bonds is 10. The van der Waals surface area contributed by atoms with Gasteiger partial charge in [0.2, 0.25) is 0 Å². The van der Waals surface area contributed by atoms with Crippen LogP contribution in [0.5, 0.6) is 0 Å². The van der Waals surface area contributed by atoms with E-state index >= 15 is 0 Å². The summed E-state index contributed by atoms with van der Waals surface area (Å²) in [5.74, 6) is 0.103. The minimum atomic E-state index is -5.93. The SMILES string of the molecule is COP(=O)([O-])OP(=O)([O-])OP(=O)([O-])OC[C@H]1O[C@@H](n2cc(CO)c3c(N)ncnc32)C[C@H]1O. The van der Waals surface area contributed by atoms with Gasteiger partial charge in [-0.25, -0.2) is 18.6 Å². The van der Waals surface area contributed by atoms with Crippen molar-refractivity contribution in [3.63, 3.8) is 0 Å². The van der Waals surface area contributed by atoms with Gasteiger partial charge in [-0.1, -0.05) is 0 Å². The number of fused-ring (bicyclic) bond motifs is 1. The molecule has 0 aromatic carbocycles. The van der Waals surface area contributed by atoms with Crippen LogP contribution in [-0.2, 0) is 42.7 Å². The van der Waals surface area contributed by atoms with Crippen molar-refractivity contribution >= 4 is 40.3 Å². The fourth-order valence-corrected chi connectivity index (χ4v) is 6.18. The molecule has 20 heteroatoms. The van der Waals surface area contributed by atoms with E-state index < -0.39 is 55.1 Å². The van der Waals surface area contributed by atoms with E-state index in [9.17, 15) is 38.6 Å². The van der Waals surface area contributed by atoms with Crippen LogP contribution in [0.1, 0.15) is 18.2 Å². The second-order valence-corrected chi connectivity index (χ2v) is 11.2. The van der Waals surface area contributed by atoms with E-state index in [1.54, 1.807) is 0 Å². The number of nitrogens with two attached hydrogens (primary N) is 1. The molecule has 2 aromatic heterocycles. The Morgan fingerprint density at radius 1 is 1.21 bits per heavy atom. The number of phosphoric acid groups is 3. The zero-order chi connectivity index (χ0) is 24.6. The highest BCUT2D eigenvalue weighted by Crippen LogP contribution is 2.62. The maximum absolute atomic E-state index is 11.8. The molecule has 0 aliphatic carbocycles. The first-order chi connectivity index (χ1) is 15.3. The van der Waals surface area contributed by atoms with Crippen LogP contribution in [0.15, 0.2) is 12.5 Å². The maximum atomic E-state index is 11.8. The van der Waals surface area contributed by atoms with Gasteiger partial charge in [-0.15, -0.1) is 0 Å². The lowest BCUT2D eigenvalue weighted by Crippen LogP contribution is -2.27. The molecule has 3 unspecified atom stereocenters. The van der Waals surface area contributed by atoms with Gasteiger partial charge in [-0.05, 0) is 0 Å². The summed E-state index contributed by atoms with van der Waals surface area (Å²) in [7, 11) is -16.4. The summed E-state index contributed by atoms with van der Waals surface area (Å²) in [5, 5.41) is 20.2. The molecule has 2 aromatic rings. The summed E-state index contributed by atoms with van der Waals surface area (Å²) in [5.41, 5.74) is 6.49. The number of hydrogen-bond acceptors (Lipinski definition) is 16. The number of ether oxygens (including phenoxy) is 1. The van der Waals surface area contributed by atoms with E-state index in [0.29, 0.717) is 18.1 Å². The van der Waals surface area contributed by atoms with Crippen molar-refractivity contribution in [3.05, 3.63) is 18.1 Å². The van der Waals surface area contributed by atoms with Crippen LogP contribution >= 0.6 is 23.5 Å². The number of anilines is 1. The molecule has 4 N–H and O–H groups in total. The van der Waals surface area contributed by atoms with Crippen LogP contribution in [0.3, 0.4) is 0 Å². The summed E-state index contributed by atoms with van der Waals surface area (Å²) in [4.78, 5) is 42.2. The second-order valence-electron chi connectivity index (χ2n) is 6.59. The van der Waals surface area contributed by atoms with E-state index in [1.165, 1.54) is 17.1 Å². The Kier molecular flexibility index (Phi) is 7.78. The maximum Gasteiger partial charge on any atom is 0.280 e. The van der Waals surface area contributed by atoms with Gasteiger partial charge in [0.15, 0.2) is 0 Å². The zero-order valence-electron chi connectivity index (χ0n) is 16.7. The third-order valence-electron chi connectivity index (χ3n) is 4.42. The smallest absolute Gasteiger partial charge is 0.280 e. The van der Waals surface area contributed by atoms with Crippen molar-refractivity contribution in [1.82, 2.24) is 14.5 Å². The topological polar surface area (TPSA) is 264 Å². The van der Waals surface area contributed by atoms with Crippen molar-refractivity contribution in [3.8, 4) is 0 Å². The van der Waals surface area contributed by atoms with E-state index in [1.807, 2.05) is 0 Å². The number of hydrogen-bond donors (Lipinski definition) is 3. The monoisotopic (exact) mass is 531 g/mol.